The minimum atomic E-state index is 0.933. The highest BCUT2D eigenvalue weighted by atomic mass is 16.5. The number of methoxy groups -OCH3 is 1. The summed E-state index contributed by atoms with van der Waals surface area (Å²) in [4.78, 5) is 4.98. The van der Waals surface area contributed by atoms with E-state index in [0.717, 1.165) is 5.75 Å². The van der Waals surface area contributed by atoms with Crippen LogP contribution in [-0.4, -0.2) is 56.7 Å². The Morgan fingerprint density at radius 1 is 1.00 bits per heavy atom. The third-order valence-electron chi connectivity index (χ3n) is 4.14. The van der Waals surface area contributed by atoms with Crippen molar-refractivity contribution in [2.24, 2.45) is 0 Å². The van der Waals surface area contributed by atoms with Crippen molar-refractivity contribution in [1.82, 2.24) is 9.80 Å². The van der Waals surface area contributed by atoms with Crippen LogP contribution in [0.1, 0.15) is 44.7 Å². The molecule has 1 aliphatic heterocycles. The summed E-state index contributed by atoms with van der Waals surface area (Å²) in [6.45, 7) is 16.8. The van der Waals surface area contributed by atoms with Gasteiger partial charge in [0.05, 0.1) is 7.11 Å². The molecule has 0 bridgehead atoms. The molecule has 0 amide bonds. The van der Waals surface area contributed by atoms with Gasteiger partial charge in [-0.25, -0.2) is 0 Å². The van der Waals surface area contributed by atoms with Crippen LogP contribution >= 0.6 is 0 Å². The number of nitrogens with zero attached hydrogens (tertiary/aromatic N) is 2. The Morgan fingerprint density at radius 3 is 2.09 bits per heavy atom. The van der Waals surface area contributed by atoms with E-state index >= 15 is 0 Å². The standard InChI is InChI=1S/C9H20N2.C9H12O.C2H6/c1-3-4-5-11-8-6-10(2)7-9-11;1-7-4-5-9(10-3)6-8(7)2;1-2/h3-9H2,1-2H3;4-6H,1-3H3;1-2H3. The summed E-state index contributed by atoms with van der Waals surface area (Å²) in [5, 5.41) is 0. The molecule has 1 saturated heterocycles. The van der Waals surface area contributed by atoms with Gasteiger partial charge in [0.25, 0.3) is 0 Å². The van der Waals surface area contributed by atoms with Gasteiger partial charge in [-0.2, -0.15) is 0 Å². The molecule has 23 heavy (non-hydrogen) atoms. The Balaban J connectivity index is 0.000000381. The van der Waals surface area contributed by atoms with E-state index in [1.54, 1.807) is 7.11 Å². The van der Waals surface area contributed by atoms with Crippen molar-refractivity contribution in [2.45, 2.75) is 47.5 Å². The topological polar surface area (TPSA) is 15.7 Å². The van der Waals surface area contributed by atoms with E-state index in [0.29, 0.717) is 0 Å². The second-order valence-electron chi connectivity index (χ2n) is 5.95. The van der Waals surface area contributed by atoms with Gasteiger partial charge in [0.1, 0.15) is 5.75 Å². The highest BCUT2D eigenvalue weighted by molar-refractivity contribution is 5.33. The van der Waals surface area contributed by atoms with Gasteiger partial charge in [0.2, 0.25) is 0 Å². The summed E-state index contributed by atoms with van der Waals surface area (Å²) >= 11 is 0. The summed E-state index contributed by atoms with van der Waals surface area (Å²) in [7, 11) is 3.89. The molecule has 1 heterocycles. The molecule has 1 aliphatic rings. The largest absolute Gasteiger partial charge is 0.497 e. The molecular weight excluding hydrogens is 284 g/mol. The van der Waals surface area contributed by atoms with Crippen LogP contribution < -0.4 is 4.74 Å². The van der Waals surface area contributed by atoms with Gasteiger partial charge in [-0.1, -0.05) is 33.3 Å². The lowest BCUT2D eigenvalue weighted by molar-refractivity contribution is 0.152. The number of aryl methyl sites for hydroxylation is 2. The summed E-state index contributed by atoms with van der Waals surface area (Å²) < 4.78 is 5.05. The van der Waals surface area contributed by atoms with Crippen LogP contribution in [0.5, 0.6) is 5.75 Å². The van der Waals surface area contributed by atoms with Gasteiger partial charge in [-0.05, 0) is 57.1 Å². The van der Waals surface area contributed by atoms with Crippen LogP contribution in [0.15, 0.2) is 18.2 Å². The lowest BCUT2D eigenvalue weighted by Gasteiger charge is -2.32. The van der Waals surface area contributed by atoms with E-state index in [1.807, 2.05) is 26.0 Å². The third-order valence-corrected chi connectivity index (χ3v) is 4.14. The molecule has 0 N–H and O–H groups in total. The van der Waals surface area contributed by atoms with Crippen molar-refractivity contribution in [3.63, 3.8) is 0 Å². The third kappa shape index (κ3) is 9.62. The molecular formula is C20H38N2O. The lowest BCUT2D eigenvalue weighted by atomic mass is 10.1. The quantitative estimate of drug-likeness (QED) is 0.818. The van der Waals surface area contributed by atoms with Crippen molar-refractivity contribution in [3.05, 3.63) is 29.3 Å². The van der Waals surface area contributed by atoms with Gasteiger partial charge in [-0.15, -0.1) is 0 Å². The Bertz CT molecular complexity index is 396. The fourth-order valence-electron chi connectivity index (χ4n) is 2.29. The Kier molecular flexibility index (Phi) is 12.8. The first-order valence-corrected chi connectivity index (χ1v) is 9.09. The molecule has 0 unspecified atom stereocenters. The van der Waals surface area contributed by atoms with Crippen molar-refractivity contribution in [2.75, 3.05) is 46.9 Å². The second-order valence-corrected chi connectivity index (χ2v) is 5.95. The fourth-order valence-corrected chi connectivity index (χ4v) is 2.29. The van der Waals surface area contributed by atoms with E-state index in [-0.39, 0.29) is 0 Å². The van der Waals surface area contributed by atoms with Crippen LogP contribution in [0.25, 0.3) is 0 Å². The SMILES string of the molecule is CC.CCCCN1CCN(C)CC1.COc1ccc(C)c(C)c1. The van der Waals surface area contributed by atoms with Crippen LogP contribution in [0, 0.1) is 13.8 Å². The van der Waals surface area contributed by atoms with Crippen molar-refractivity contribution in [3.8, 4) is 5.75 Å². The Morgan fingerprint density at radius 2 is 1.61 bits per heavy atom. The lowest BCUT2D eigenvalue weighted by Crippen LogP contribution is -2.44. The molecule has 3 heteroatoms. The summed E-state index contributed by atoms with van der Waals surface area (Å²) in [5.74, 6) is 0.933. The molecule has 2 rings (SSSR count). The van der Waals surface area contributed by atoms with Gasteiger partial charge in [0, 0.05) is 26.2 Å². The van der Waals surface area contributed by atoms with Crippen molar-refractivity contribution >= 4 is 0 Å². The van der Waals surface area contributed by atoms with Gasteiger partial charge in [0.15, 0.2) is 0 Å². The molecule has 0 radical (unpaired) electrons. The highest BCUT2D eigenvalue weighted by Gasteiger charge is 2.11. The number of likely N-dealkylation sites (N-methyl/N-ethyl adjacent to an activating group) is 1. The minimum Gasteiger partial charge on any atom is -0.497 e. The van der Waals surface area contributed by atoms with Gasteiger partial charge >= 0.3 is 0 Å². The first-order chi connectivity index (χ1) is 11.1. The van der Waals surface area contributed by atoms with E-state index in [9.17, 15) is 0 Å². The molecule has 0 atom stereocenters. The minimum absolute atomic E-state index is 0.933. The number of ether oxygens (including phenoxy) is 1. The monoisotopic (exact) mass is 322 g/mol. The van der Waals surface area contributed by atoms with Crippen LogP contribution in [0.4, 0.5) is 0 Å². The van der Waals surface area contributed by atoms with Crippen molar-refractivity contribution < 1.29 is 4.74 Å². The number of hydrogen-bond acceptors (Lipinski definition) is 3. The zero-order chi connectivity index (χ0) is 17.7. The predicted octanol–water partition coefficient (Wildman–Crippen LogP) is 4.37. The molecule has 0 aromatic heterocycles. The maximum Gasteiger partial charge on any atom is 0.119 e. The molecule has 0 aliphatic carbocycles. The normalized spacial score (nSPS) is 15.1. The van der Waals surface area contributed by atoms with E-state index < -0.39 is 0 Å². The van der Waals surface area contributed by atoms with Gasteiger partial charge < -0.3 is 14.5 Å². The van der Waals surface area contributed by atoms with Crippen molar-refractivity contribution in [1.29, 1.82) is 0 Å². The summed E-state index contributed by atoms with van der Waals surface area (Å²) in [6, 6.07) is 6.08. The zero-order valence-corrected chi connectivity index (χ0v) is 16.5. The molecule has 1 aromatic carbocycles. The number of benzene rings is 1. The van der Waals surface area contributed by atoms with Crippen LogP contribution in [0.3, 0.4) is 0 Å². The number of hydrogen-bond donors (Lipinski definition) is 0. The molecule has 0 saturated carbocycles. The Labute approximate surface area is 144 Å². The van der Waals surface area contributed by atoms with E-state index in [4.69, 9.17) is 4.74 Å². The molecule has 0 spiro atoms. The maximum atomic E-state index is 5.05. The first-order valence-electron chi connectivity index (χ1n) is 9.09. The smallest absolute Gasteiger partial charge is 0.119 e. The molecule has 134 valence electrons. The predicted molar refractivity (Wildman–Crippen MR) is 103 cm³/mol. The number of rotatable bonds is 4. The maximum absolute atomic E-state index is 5.05. The average molecular weight is 323 g/mol. The Hall–Kier alpha value is -1.06. The van der Waals surface area contributed by atoms with Crippen LogP contribution in [-0.2, 0) is 0 Å². The van der Waals surface area contributed by atoms with Crippen LogP contribution in [0.2, 0.25) is 0 Å². The molecule has 1 fully saturated rings. The van der Waals surface area contributed by atoms with Gasteiger partial charge in [-0.3, -0.25) is 0 Å². The molecule has 1 aromatic rings. The van der Waals surface area contributed by atoms with E-state index in [2.05, 4.69) is 43.7 Å². The second kappa shape index (κ2) is 13.4. The zero-order valence-electron chi connectivity index (χ0n) is 16.5. The summed E-state index contributed by atoms with van der Waals surface area (Å²) in [5.41, 5.74) is 2.58. The fraction of sp³-hybridized carbons (Fsp3) is 0.700. The number of piperazine rings is 1. The van der Waals surface area contributed by atoms with E-state index in [1.165, 1.54) is 56.7 Å². The summed E-state index contributed by atoms with van der Waals surface area (Å²) in [6.07, 6.45) is 2.69. The first kappa shape index (κ1) is 21.9. The highest BCUT2D eigenvalue weighted by Crippen LogP contribution is 2.15. The molecule has 3 nitrogen and oxygen atoms in total. The average Bonchev–Trinajstić information content (AvgIpc) is 2.59. The number of unbranched alkanes of at least 4 members (excludes halogenated alkanes) is 1.